The molecule has 0 saturated carbocycles. The molecule has 0 aliphatic carbocycles. The Hall–Kier alpha value is -0.660. The molecule has 7 heteroatoms. The number of rotatable bonds is 10. The summed E-state index contributed by atoms with van der Waals surface area (Å²) in [6, 6.07) is 0. The molecule has 2 fully saturated rings. The molecule has 0 aromatic rings. The molecule has 2 saturated heterocycles. The van der Waals surface area contributed by atoms with Crippen molar-refractivity contribution in [2.75, 3.05) is 11.5 Å². The molecule has 0 aromatic carbocycles. The summed E-state index contributed by atoms with van der Waals surface area (Å²) < 4.78 is 55.3. The molecule has 156 valence electrons. The molecule has 2 aliphatic rings. The third kappa shape index (κ3) is 6.71. The van der Waals surface area contributed by atoms with E-state index in [-0.39, 0.29) is 11.5 Å². The van der Waals surface area contributed by atoms with Crippen molar-refractivity contribution in [1.82, 2.24) is 0 Å². The van der Waals surface area contributed by atoms with Crippen molar-refractivity contribution in [3.63, 3.8) is 0 Å². The molecule has 0 spiro atoms. The fourth-order valence-electron chi connectivity index (χ4n) is 3.71. The van der Waals surface area contributed by atoms with Crippen LogP contribution in [0.15, 0.2) is 24.3 Å². The van der Waals surface area contributed by atoms with E-state index >= 15 is 0 Å². The summed E-state index contributed by atoms with van der Waals surface area (Å²) >= 11 is 0. The second kappa shape index (κ2) is 10.2. The van der Waals surface area contributed by atoms with Gasteiger partial charge < -0.3 is 4.74 Å². The number of ether oxygens (including phenoxy) is 1. The predicted octanol–water partition coefficient (Wildman–Crippen LogP) is 3.61. The second-order valence-corrected chi connectivity index (χ2v) is 12.3. The van der Waals surface area contributed by atoms with E-state index in [9.17, 15) is 16.8 Å². The van der Waals surface area contributed by atoms with Crippen molar-refractivity contribution in [2.45, 2.75) is 87.9 Å². The van der Waals surface area contributed by atoms with Crippen molar-refractivity contribution in [1.29, 1.82) is 0 Å². The monoisotopic (exact) mass is 418 g/mol. The Bertz CT molecular complexity index is 659. The normalized spacial score (nSPS) is 32.7. The number of hydrogen-bond acceptors (Lipinski definition) is 5. The van der Waals surface area contributed by atoms with Crippen LogP contribution in [0.4, 0.5) is 0 Å². The van der Waals surface area contributed by atoms with E-state index in [1.807, 2.05) is 12.2 Å². The van der Waals surface area contributed by atoms with Crippen molar-refractivity contribution < 1.29 is 21.6 Å². The number of sulfone groups is 2. The third-order valence-electron chi connectivity index (χ3n) is 5.28. The summed E-state index contributed by atoms with van der Waals surface area (Å²) in [6.07, 6.45) is 13.6. The molecule has 2 rings (SSSR count). The van der Waals surface area contributed by atoms with Gasteiger partial charge in [0.25, 0.3) is 0 Å². The lowest BCUT2D eigenvalue weighted by molar-refractivity contribution is 0.0142. The molecule has 5 nitrogen and oxygen atoms in total. The lowest BCUT2D eigenvalue weighted by atomic mass is 10.1. The fourth-order valence-corrected chi connectivity index (χ4v) is 7.39. The van der Waals surface area contributed by atoms with Gasteiger partial charge in [0.15, 0.2) is 19.7 Å². The van der Waals surface area contributed by atoms with Gasteiger partial charge in [-0.15, -0.1) is 0 Å². The molecule has 4 unspecified atom stereocenters. The zero-order chi connectivity index (χ0) is 19.9. The zero-order valence-electron chi connectivity index (χ0n) is 16.5. The Morgan fingerprint density at radius 3 is 1.56 bits per heavy atom. The molecule has 2 aliphatic heterocycles. The molecular weight excluding hydrogens is 384 g/mol. The molecule has 27 heavy (non-hydrogen) atoms. The van der Waals surface area contributed by atoms with Crippen LogP contribution < -0.4 is 0 Å². The summed E-state index contributed by atoms with van der Waals surface area (Å²) in [7, 11) is -6.41. The van der Waals surface area contributed by atoms with Gasteiger partial charge in [0.1, 0.15) is 0 Å². The molecule has 0 amide bonds. The highest BCUT2D eigenvalue weighted by Gasteiger charge is 2.42. The van der Waals surface area contributed by atoms with Gasteiger partial charge >= 0.3 is 0 Å². The van der Waals surface area contributed by atoms with E-state index < -0.39 is 42.4 Å². The van der Waals surface area contributed by atoms with Gasteiger partial charge in [0, 0.05) is 0 Å². The van der Waals surface area contributed by atoms with Crippen molar-refractivity contribution in [3.8, 4) is 0 Å². The Balaban J connectivity index is 1.90. The first kappa shape index (κ1) is 22.6. The highest BCUT2D eigenvalue weighted by atomic mass is 32.2. The molecule has 4 atom stereocenters. The Labute approximate surface area is 165 Å². The zero-order valence-corrected chi connectivity index (χ0v) is 18.2. The fraction of sp³-hybridized carbons (Fsp3) is 0.800. The quantitative estimate of drug-likeness (QED) is 0.400. The van der Waals surface area contributed by atoms with E-state index in [1.54, 1.807) is 12.2 Å². The first-order valence-corrected chi connectivity index (χ1v) is 13.6. The second-order valence-electron chi connectivity index (χ2n) is 7.73. The maximum Gasteiger partial charge on any atom is 0.159 e. The van der Waals surface area contributed by atoms with E-state index in [1.165, 1.54) is 0 Å². The minimum atomic E-state index is -3.20. The van der Waals surface area contributed by atoms with Crippen LogP contribution in [-0.2, 0) is 24.4 Å². The van der Waals surface area contributed by atoms with Gasteiger partial charge in [0.05, 0.1) is 34.2 Å². The molecule has 0 N–H and O–H groups in total. The smallest absolute Gasteiger partial charge is 0.159 e. The van der Waals surface area contributed by atoms with E-state index in [0.717, 1.165) is 38.5 Å². The van der Waals surface area contributed by atoms with Crippen LogP contribution in [0.1, 0.15) is 65.2 Å². The summed E-state index contributed by atoms with van der Waals surface area (Å²) in [4.78, 5) is 0. The summed E-state index contributed by atoms with van der Waals surface area (Å²) in [5.74, 6) is -0.0212. The van der Waals surface area contributed by atoms with Crippen LogP contribution in [0.5, 0.6) is 0 Å². The average Bonchev–Trinajstić information content (AvgIpc) is 3.02. The summed E-state index contributed by atoms with van der Waals surface area (Å²) in [5, 5.41) is -0.996. The SMILES string of the molecule is CCCCC=CC1CC(OC2CC(C=CCCCC)S(=O)(=O)C2)CS1(=O)=O. The molecule has 0 bridgehead atoms. The lowest BCUT2D eigenvalue weighted by Gasteiger charge is -2.15. The molecule has 2 heterocycles. The van der Waals surface area contributed by atoms with Gasteiger partial charge in [-0.05, 0) is 25.7 Å². The minimum absolute atomic E-state index is 0.0106. The van der Waals surface area contributed by atoms with Crippen LogP contribution in [0.3, 0.4) is 0 Å². The minimum Gasteiger partial charge on any atom is -0.373 e. The van der Waals surface area contributed by atoms with E-state index in [2.05, 4.69) is 13.8 Å². The standard InChI is InChI=1S/C20H34O5S2/c1-3-5-7-9-11-19-13-17(15-26(19,21)22)25-18-14-20(27(23,24)16-18)12-10-8-6-4-2/h9-12,17-20H,3-8,13-16H2,1-2H3. The largest absolute Gasteiger partial charge is 0.373 e. The van der Waals surface area contributed by atoms with Crippen LogP contribution >= 0.6 is 0 Å². The van der Waals surface area contributed by atoms with Gasteiger partial charge in [-0.25, -0.2) is 16.8 Å². The highest BCUT2D eigenvalue weighted by molar-refractivity contribution is 7.92. The van der Waals surface area contributed by atoms with Crippen LogP contribution in [0, 0.1) is 0 Å². The Kier molecular flexibility index (Phi) is 8.56. The number of hydrogen-bond donors (Lipinski definition) is 0. The summed E-state index contributed by atoms with van der Waals surface area (Å²) in [6.45, 7) is 4.21. The van der Waals surface area contributed by atoms with Gasteiger partial charge in [-0.1, -0.05) is 63.8 Å². The molecule has 0 radical (unpaired) electrons. The lowest BCUT2D eigenvalue weighted by Crippen LogP contribution is -2.24. The van der Waals surface area contributed by atoms with Crippen molar-refractivity contribution in [2.24, 2.45) is 0 Å². The van der Waals surface area contributed by atoms with E-state index in [4.69, 9.17) is 4.74 Å². The highest BCUT2D eigenvalue weighted by Crippen LogP contribution is 2.30. The van der Waals surface area contributed by atoms with Crippen LogP contribution in [-0.4, -0.2) is 51.0 Å². The van der Waals surface area contributed by atoms with Crippen LogP contribution in [0.2, 0.25) is 0 Å². The Morgan fingerprint density at radius 1 is 0.778 bits per heavy atom. The van der Waals surface area contributed by atoms with Gasteiger partial charge in [0.2, 0.25) is 0 Å². The average molecular weight is 419 g/mol. The number of allylic oxidation sites excluding steroid dienone is 2. The third-order valence-corrected chi connectivity index (χ3v) is 9.50. The van der Waals surface area contributed by atoms with E-state index in [0.29, 0.717) is 12.8 Å². The number of unbranched alkanes of at least 4 members (excludes halogenated alkanes) is 4. The topological polar surface area (TPSA) is 77.5 Å². The van der Waals surface area contributed by atoms with Crippen molar-refractivity contribution >= 4 is 19.7 Å². The molecular formula is C20H34O5S2. The molecule has 0 aromatic heterocycles. The first-order chi connectivity index (χ1) is 12.8. The van der Waals surface area contributed by atoms with Gasteiger partial charge in [-0.3, -0.25) is 0 Å². The maximum atomic E-state index is 12.3. The first-order valence-electron chi connectivity index (χ1n) is 10.2. The van der Waals surface area contributed by atoms with Gasteiger partial charge in [-0.2, -0.15) is 0 Å². The maximum absolute atomic E-state index is 12.3. The predicted molar refractivity (Wildman–Crippen MR) is 110 cm³/mol. The Morgan fingerprint density at radius 2 is 1.19 bits per heavy atom. The van der Waals surface area contributed by atoms with Crippen LogP contribution in [0.25, 0.3) is 0 Å². The van der Waals surface area contributed by atoms with Crippen molar-refractivity contribution in [3.05, 3.63) is 24.3 Å². The summed E-state index contributed by atoms with van der Waals surface area (Å²) in [5.41, 5.74) is 0.